The van der Waals surface area contributed by atoms with E-state index in [1.807, 2.05) is 13.8 Å². The molecule has 0 saturated heterocycles. The number of nitro benzene ring substituents is 1. The van der Waals surface area contributed by atoms with E-state index in [1.54, 1.807) is 25.1 Å². The van der Waals surface area contributed by atoms with Gasteiger partial charge in [0.1, 0.15) is 6.54 Å². The summed E-state index contributed by atoms with van der Waals surface area (Å²) < 4.78 is 32.1. The third-order valence-corrected chi connectivity index (χ3v) is 5.74. The van der Waals surface area contributed by atoms with Crippen LogP contribution >= 0.6 is 0 Å². The van der Waals surface area contributed by atoms with E-state index in [0.717, 1.165) is 21.5 Å². The van der Waals surface area contributed by atoms with Crippen molar-refractivity contribution < 1.29 is 22.9 Å². The molecule has 2 aromatic carbocycles. The smallest absolute Gasteiger partial charge is 0.326 e. The first-order valence-electron chi connectivity index (χ1n) is 8.17. The Morgan fingerprint density at radius 3 is 2.44 bits per heavy atom. The number of sulfonamides is 1. The SMILES string of the molecule is CCOC(=O)CN(c1ccc(C)c(C)c1)S(=O)(=O)c1cccc([N+](=O)[O-])c1. The number of hydrogen-bond donors (Lipinski definition) is 0. The number of anilines is 1. The fourth-order valence-corrected chi connectivity index (χ4v) is 3.85. The number of ether oxygens (including phenoxy) is 1. The molecule has 0 atom stereocenters. The van der Waals surface area contributed by atoms with Crippen LogP contribution in [-0.4, -0.2) is 32.5 Å². The average molecular weight is 392 g/mol. The van der Waals surface area contributed by atoms with Gasteiger partial charge in [0.05, 0.1) is 22.1 Å². The summed E-state index contributed by atoms with van der Waals surface area (Å²) in [6.07, 6.45) is 0. The first-order valence-corrected chi connectivity index (χ1v) is 9.61. The van der Waals surface area contributed by atoms with E-state index in [1.165, 1.54) is 18.2 Å². The lowest BCUT2D eigenvalue weighted by Crippen LogP contribution is -2.36. The predicted molar refractivity (Wildman–Crippen MR) is 100 cm³/mol. The number of hydrogen-bond acceptors (Lipinski definition) is 6. The largest absolute Gasteiger partial charge is 0.465 e. The lowest BCUT2D eigenvalue weighted by molar-refractivity contribution is -0.385. The third kappa shape index (κ3) is 4.62. The minimum Gasteiger partial charge on any atom is -0.465 e. The van der Waals surface area contributed by atoms with Gasteiger partial charge in [-0.15, -0.1) is 0 Å². The molecule has 0 spiro atoms. The molecule has 0 heterocycles. The Kier molecular flexibility index (Phi) is 6.17. The molecule has 0 bridgehead atoms. The topological polar surface area (TPSA) is 107 Å². The van der Waals surface area contributed by atoms with Gasteiger partial charge in [-0.3, -0.25) is 19.2 Å². The number of rotatable bonds is 7. The Morgan fingerprint density at radius 1 is 1.15 bits per heavy atom. The van der Waals surface area contributed by atoms with Crippen molar-refractivity contribution >= 4 is 27.4 Å². The van der Waals surface area contributed by atoms with Crippen LogP contribution in [0.25, 0.3) is 0 Å². The van der Waals surface area contributed by atoms with E-state index >= 15 is 0 Å². The van der Waals surface area contributed by atoms with E-state index in [9.17, 15) is 23.3 Å². The van der Waals surface area contributed by atoms with Crippen molar-refractivity contribution in [3.8, 4) is 0 Å². The van der Waals surface area contributed by atoms with Crippen molar-refractivity contribution in [1.29, 1.82) is 0 Å². The number of benzene rings is 2. The second-order valence-corrected chi connectivity index (χ2v) is 7.70. The van der Waals surface area contributed by atoms with Crippen LogP contribution in [-0.2, 0) is 19.6 Å². The van der Waals surface area contributed by atoms with Crippen molar-refractivity contribution in [3.63, 3.8) is 0 Å². The maximum Gasteiger partial charge on any atom is 0.326 e. The van der Waals surface area contributed by atoms with Crippen LogP contribution in [0, 0.1) is 24.0 Å². The normalized spacial score (nSPS) is 11.1. The van der Waals surface area contributed by atoms with Gasteiger partial charge < -0.3 is 4.74 Å². The highest BCUT2D eigenvalue weighted by Gasteiger charge is 2.29. The maximum absolute atomic E-state index is 13.1. The third-order valence-electron chi connectivity index (χ3n) is 3.97. The first kappa shape index (κ1) is 20.4. The summed E-state index contributed by atoms with van der Waals surface area (Å²) in [6.45, 7) is 4.89. The summed E-state index contributed by atoms with van der Waals surface area (Å²) in [5.41, 5.74) is 1.73. The molecular weight excluding hydrogens is 372 g/mol. The first-order chi connectivity index (χ1) is 12.7. The van der Waals surface area contributed by atoms with Gasteiger partial charge in [-0.25, -0.2) is 8.42 Å². The zero-order valence-corrected chi connectivity index (χ0v) is 16.0. The van der Waals surface area contributed by atoms with E-state index in [2.05, 4.69) is 0 Å². The molecule has 0 amide bonds. The van der Waals surface area contributed by atoms with E-state index in [0.29, 0.717) is 0 Å². The van der Waals surface area contributed by atoms with Gasteiger partial charge in [0.2, 0.25) is 0 Å². The zero-order chi connectivity index (χ0) is 20.2. The molecule has 0 aromatic heterocycles. The molecule has 0 unspecified atom stereocenters. The highest BCUT2D eigenvalue weighted by Crippen LogP contribution is 2.27. The molecule has 27 heavy (non-hydrogen) atoms. The van der Waals surface area contributed by atoms with E-state index in [-0.39, 0.29) is 22.9 Å². The van der Waals surface area contributed by atoms with E-state index in [4.69, 9.17) is 4.74 Å². The van der Waals surface area contributed by atoms with Crippen molar-refractivity contribution in [2.24, 2.45) is 0 Å². The lowest BCUT2D eigenvalue weighted by atomic mass is 10.1. The highest BCUT2D eigenvalue weighted by atomic mass is 32.2. The van der Waals surface area contributed by atoms with Crippen LogP contribution in [0.5, 0.6) is 0 Å². The van der Waals surface area contributed by atoms with Gasteiger partial charge in [0.25, 0.3) is 15.7 Å². The van der Waals surface area contributed by atoms with E-state index < -0.39 is 27.5 Å². The quantitative estimate of drug-likeness (QED) is 0.407. The monoisotopic (exact) mass is 392 g/mol. The fourth-order valence-electron chi connectivity index (χ4n) is 2.40. The number of esters is 1. The second kappa shape index (κ2) is 8.17. The van der Waals surface area contributed by atoms with Gasteiger partial charge in [-0.2, -0.15) is 0 Å². The summed E-state index contributed by atoms with van der Waals surface area (Å²) in [5, 5.41) is 11.0. The van der Waals surface area contributed by atoms with Crippen LogP contribution in [0.1, 0.15) is 18.1 Å². The van der Waals surface area contributed by atoms with Crippen molar-refractivity contribution in [2.45, 2.75) is 25.7 Å². The van der Waals surface area contributed by atoms with Crippen LogP contribution in [0.15, 0.2) is 47.4 Å². The summed E-state index contributed by atoms with van der Waals surface area (Å²) in [7, 11) is -4.23. The Balaban J connectivity index is 2.56. The molecular formula is C18H20N2O6S. The van der Waals surface area contributed by atoms with Crippen molar-refractivity contribution in [1.82, 2.24) is 0 Å². The molecule has 0 fully saturated rings. The lowest BCUT2D eigenvalue weighted by Gasteiger charge is -2.24. The Morgan fingerprint density at radius 2 is 1.85 bits per heavy atom. The average Bonchev–Trinajstić information content (AvgIpc) is 2.62. The maximum atomic E-state index is 13.1. The van der Waals surface area contributed by atoms with Crippen molar-refractivity contribution in [3.05, 3.63) is 63.7 Å². The number of aryl methyl sites for hydroxylation is 2. The van der Waals surface area contributed by atoms with Gasteiger partial charge in [-0.05, 0) is 50.1 Å². The molecule has 0 aliphatic carbocycles. The molecule has 0 radical (unpaired) electrons. The standard InChI is InChI=1S/C18H20N2O6S/c1-4-26-18(21)12-19(15-9-8-13(2)14(3)10-15)27(24,25)17-7-5-6-16(11-17)20(22)23/h5-11H,4,12H2,1-3H3. The molecule has 0 aliphatic heterocycles. The molecule has 144 valence electrons. The predicted octanol–water partition coefficient (Wildman–Crippen LogP) is 2.97. The molecule has 0 saturated carbocycles. The van der Waals surface area contributed by atoms with Crippen LogP contribution < -0.4 is 4.31 Å². The molecule has 2 rings (SSSR count). The fraction of sp³-hybridized carbons (Fsp3) is 0.278. The number of nitro groups is 1. The summed E-state index contributed by atoms with van der Waals surface area (Å²) in [4.78, 5) is 22.0. The minimum absolute atomic E-state index is 0.108. The number of non-ortho nitro benzene ring substituents is 1. The highest BCUT2D eigenvalue weighted by molar-refractivity contribution is 7.92. The summed E-state index contributed by atoms with van der Waals surface area (Å²) in [5.74, 6) is -0.718. The van der Waals surface area contributed by atoms with Crippen LogP contribution in [0.3, 0.4) is 0 Å². The number of nitrogens with zero attached hydrogens (tertiary/aromatic N) is 2. The Hall–Kier alpha value is -2.94. The van der Waals surface area contributed by atoms with Gasteiger partial charge in [0, 0.05) is 12.1 Å². The Labute approximate surface area is 157 Å². The number of carbonyl (C=O) groups excluding carboxylic acids is 1. The minimum atomic E-state index is -4.23. The van der Waals surface area contributed by atoms with Crippen LogP contribution in [0.2, 0.25) is 0 Å². The van der Waals surface area contributed by atoms with Gasteiger partial charge >= 0.3 is 5.97 Å². The van der Waals surface area contributed by atoms with Gasteiger partial charge in [0.15, 0.2) is 0 Å². The number of carbonyl (C=O) groups is 1. The summed E-state index contributed by atoms with van der Waals surface area (Å²) >= 11 is 0. The van der Waals surface area contributed by atoms with Crippen molar-refractivity contribution in [2.75, 3.05) is 17.5 Å². The van der Waals surface area contributed by atoms with Crippen LogP contribution in [0.4, 0.5) is 11.4 Å². The molecule has 2 aromatic rings. The molecule has 0 N–H and O–H groups in total. The molecule has 0 aliphatic rings. The Bertz CT molecular complexity index is 972. The summed E-state index contributed by atoms with van der Waals surface area (Å²) in [6, 6.07) is 9.67. The molecule has 8 nitrogen and oxygen atoms in total. The second-order valence-electron chi connectivity index (χ2n) is 5.84. The molecule has 9 heteroatoms. The zero-order valence-electron chi connectivity index (χ0n) is 15.2. The van der Waals surface area contributed by atoms with Gasteiger partial charge in [-0.1, -0.05) is 12.1 Å².